The number of aromatic nitrogens is 2. The van der Waals surface area contributed by atoms with Gasteiger partial charge in [-0.1, -0.05) is 18.2 Å². The minimum absolute atomic E-state index is 0.00593. The first kappa shape index (κ1) is 19.0. The predicted octanol–water partition coefficient (Wildman–Crippen LogP) is 4.36. The summed E-state index contributed by atoms with van der Waals surface area (Å²) in [4.78, 5) is 14.6. The third-order valence-corrected chi connectivity index (χ3v) is 4.72. The zero-order chi connectivity index (χ0) is 20.2. The molecular formula is C21H19F2N3O3. The van der Waals surface area contributed by atoms with E-state index in [9.17, 15) is 13.6 Å². The molecular weight excluding hydrogens is 380 g/mol. The maximum absolute atomic E-state index is 12.9. The fraction of sp³-hybridized carbons (Fsp3) is 0.286. The van der Waals surface area contributed by atoms with Gasteiger partial charge in [-0.15, -0.1) is 10.2 Å². The Balaban J connectivity index is 1.42. The number of carbonyl (C=O) groups excluding carboxylic acids is 1. The molecule has 0 saturated carbocycles. The molecule has 1 aliphatic heterocycles. The number of amides is 1. The molecule has 0 bridgehead atoms. The Bertz CT molecular complexity index is 961. The number of para-hydroxylation sites is 1. The summed E-state index contributed by atoms with van der Waals surface area (Å²) in [6.07, 6.45) is -1.12. The van der Waals surface area contributed by atoms with Gasteiger partial charge < -0.3 is 14.1 Å². The third kappa shape index (κ3) is 4.42. The third-order valence-electron chi connectivity index (χ3n) is 4.72. The Morgan fingerprint density at radius 3 is 2.55 bits per heavy atom. The Morgan fingerprint density at radius 2 is 1.86 bits per heavy atom. The van der Waals surface area contributed by atoms with Crippen molar-refractivity contribution in [3.8, 4) is 17.2 Å². The van der Waals surface area contributed by atoms with Gasteiger partial charge in [0.25, 0.3) is 11.8 Å². The minimum atomic E-state index is -2.82. The number of rotatable bonds is 5. The molecule has 4 rings (SSSR count). The number of nitrogens with zero attached hydrogens (tertiary/aromatic N) is 3. The molecule has 1 amide bonds. The standard InChI is InChI=1S/C21H19F2N3O3/c22-18(23)20-25-24-19(29-20)14-8-10-15(11-9-14)21(27)26-12-4-7-17(13-26)28-16-5-2-1-3-6-16/h1-3,5-6,8-11,17-18H,4,7,12-13H2. The van der Waals surface area contributed by atoms with Gasteiger partial charge in [0.2, 0.25) is 5.89 Å². The van der Waals surface area contributed by atoms with E-state index >= 15 is 0 Å². The van der Waals surface area contributed by atoms with Crippen molar-refractivity contribution < 1.29 is 22.7 Å². The van der Waals surface area contributed by atoms with E-state index in [-0.39, 0.29) is 17.9 Å². The lowest BCUT2D eigenvalue weighted by molar-refractivity contribution is 0.0538. The molecule has 8 heteroatoms. The van der Waals surface area contributed by atoms with Crippen LogP contribution in [0.15, 0.2) is 59.0 Å². The van der Waals surface area contributed by atoms with Crippen molar-refractivity contribution in [1.82, 2.24) is 15.1 Å². The second kappa shape index (κ2) is 8.38. The molecule has 1 aromatic heterocycles. The number of alkyl halides is 2. The number of hydrogen-bond donors (Lipinski definition) is 0. The molecule has 1 aliphatic rings. The summed E-state index contributed by atoms with van der Waals surface area (Å²) in [7, 11) is 0. The zero-order valence-electron chi connectivity index (χ0n) is 15.5. The second-order valence-electron chi connectivity index (χ2n) is 6.77. The van der Waals surface area contributed by atoms with Gasteiger partial charge in [-0.05, 0) is 49.2 Å². The van der Waals surface area contributed by atoms with Crippen molar-refractivity contribution in [2.45, 2.75) is 25.4 Å². The molecule has 1 fully saturated rings. The van der Waals surface area contributed by atoms with Gasteiger partial charge >= 0.3 is 6.43 Å². The van der Waals surface area contributed by atoms with E-state index in [4.69, 9.17) is 9.15 Å². The maximum Gasteiger partial charge on any atom is 0.314 e. The van der Waals surface area contributed by atoms with Crippen molar-refractivity contribution in [3.63, 3.8) is 0 Å². The summed E-state index contributed by atoms with van der Waals surface area (Å²) in [5.41, 5.74) is 0.979. The molecule has 29 heavy (non-hydrogen) atoms. The summed E-state index contributed by atoms with van der Waals surface area (Å²) >= 11 is 0. The molecule has 0 N–H and O–H groups in total. The summed E-state index contributed by atoms with van der Waals surface area (Å²) < 4.78 is 36.1. The molecule has 0 radical (unpaired) electrons. The van der Waals surface area contributed by atoms with Crippen LogP contribution in [0.2, 0.25) is 0 Å². The molecule has 1 unspecified atom stereocenters. The number of likely N-dealkylation sites (tertiary alicyclic amines) is 1. The number of ether oxygens (including phenoxy) is 1. The number of carbonyl (C=O) groups is 1. The Morgan fingerprint density at radius 1 is 1.10 bits per heavy atom. The van der Waals surface area contributed by atoms with E-state index in [1.54, 1.807) is 29.2 Å². The maximum atomic E-state index is 12.9. The Labute approximate surface area is 166 Å². The molecule has 3 aromatic rings. The van der Waals surface area contributed by atoms with E-state index in [1.807, 2.05) is 30.3 Å². The summed E-state index contributed by atoms with van der Waals surface area (Å²) in [5, 5.41) is 6.92. The van der Waals surface area contributed by atoms with Crippen LogP contribution in [0.5, 0.6) is 5.75 Å². The van der Waals surface area contributed by atoms with E-state index in [0.29, 0.717) is 24.2 Å². The first-order valence-corrected chi connectivity index (χ1v) is 9.33. The predicted molar refractivity (Wildman–Crippen MR) is 101 cm³/mol. The van der Waals surface area contributed by atoms with Gasteiger partial charge in [0.15, 0.2) is 0 Å². The topological polar surface area (TPSA) is 68.5 Å². The minimum Gasteiger partial charge on any atom is -0.489 e. The number of piperidine rings is 1. The lowest BCUT2D eigenvalue weighted by Gasteiger charge is -2.33. The van der Waals surface area contributed by atoms with Crippen LogP contribution >= 0.6 is 0 Å². The van der Waals surface area contributed by atoms with Gasteiger partial charge in [-0.2, -0.15) is 8.78 Å². The van der Waals surface area contributed by atoms with Crippen LogP contribution in [0.25, 0.3) is 11.5 Å². The van der Waals surface area contributed by atoms with Gasteiger partial charge in [0.1, 0.15) is 11.9 Å². The highest BCUT2D eigenvalue weighted by Crippen LogP contribution is 2.24. The fourth-order valence-corrected chi connectivity index (χ4v) is 3.29. The molecule has 0 spiro atoms. The van der Waals surface area contributed by atoms with Gasteiger partial charge in [-0.3, -0.25) is 4.79 Å². The molecule has 6 nitrogen and oxygen atoms in total. The van der Waals surface area contributed by atoms with Gasteiger partial charge in [-0.25, -0.2) is 0 Å². The lowest BCUT2D eigenvalue weighted by atomic mass is 10.1. The summed E-state index contributed by atoms with van der Waals surface area (Å²) in [6.45, 7) is 1.17. The largest absolute Gasteiger partial charge is 0.489 e. The fourth-order valence-electron chi connectivity index (χ4n) is 3.29. The molecule has 2 heterocycles. The molecule has 1 atom stereocenters. The monoisotopic (exact) mass is 399 g/mol. The first-order chi connectivity index (χ1) is 14.1. The molecule has 0 aliphatic carbocycles. The highest BCUT2D eigenvalue weighted by molar-refractivity contribution is 5.94. The Hall–Kier alpha value is -3.29. The van der Waals surface area contributed by atoms with Crippen LogP contribution in [-0.2, 0) is 0 Å². The lowest BCUT2D eigenvalue weighted by Crippen LogP contribution is -2.44. The van der Waals surface area contributed by atoms with Crippen molar-refractivity contribution >= 4 is 5.91 Å². The van der Waals surface area contributed by atoms with Gasteiger partial charge in [0, 0.05) is 17.7 Å². The van der Waals surface area contributed by atoms with Crippen molar-refractivity contribution in [2.24, 2.45) is 0 Å². The average molecular weight is 399 g/mol. The van der Waals surface area contributed by atoms with Crippen molar-refractivity contribution in [1.29, 1.82) is 0 Å². The van der Waals surface area contributed by atoms with Crippen molar-refractivity contribution in [3.05, 3.63) is 66.1 Å². The highest BCUT2D eigenvalue weighted by Gasteiger charge is 2.26. The van der Waals surface area contributed by atoms with Crippen molar-refractivity contribution in [2.75, 3.05) is 13.1 Å². The molecule has 1 saturated heterocycles. The van der Waals surface area contributed by atoms with Gasteiger partial charge in [0.05, 0.1) is 6.54 Å². The van der Waals surface area contributed by atoms with Crippen LogP contribution in [-0.4, -0.2) is 40.2 Å². The summed E-state index contributed by atoms with van der Waals surface area (Å²) in [5.74, 6) is -0.0397. The zero-order valence-corrected chi connectivity index (χ0v) is 15.5. The second-order valence-corrected chi connectivity index (χ2v) is 6.77. The quantitative estimate of drug-likeness (QED) is 0.638. The van der Waals surface area contributed by atoms with E-state index in [0.717, 1.165) is 18.6 Å². The van der Waals surface area contributed by atoms with Crippen LogP contribution in [0.4, 0.5) is 8.78 Å². The van der Waals surface area contributed by atoms with Crippen LogP contribution in [0, 0.1) is 0 Å². The van der Waals surface area contributed by atoms with Crippen LogP contribution in [0.3, 0.4) is 0 Å². The number of benzene rings is 2. The van der Waals surface area contributed by atoms with E-state index in [2.05, 4.69) is 10.2 Å². The number of halogens is 2. The first-order valence-electron chi connectivity index (χ1n) is 9.33. The molecule has 2 aromatic carbocycles. The smallest absolute Gasteiger partial charge is 0.314 e. The van der Waals surface area contributed by atoms with E-state index in [1.165, 1.54) is 0 Å². The highest BCUT2D eigenvalue weighted by atomic mass is 19.3. The summed E-state index contributed by atoms with van der Waals surface area (Å²) in [6, 6.07) is 16.0. The SMILES string of the molecule is O=C(c1ccc(-c2nnc(C(F)F)o2)cc1)N1CCCC(Oc2ccccc2)C1. The normalized spacial score (nSPS) is 16.8. The Kier molecular flexibility index (Phi) is 5.50. The van der Waals surface area contributed by atoms with E-state index < -0.39 is 12.3 Å². The van der Waals surface area contributed by atoms with Crippen LogP contribution in [0.1, 0.15) is 35.5 Å². The molecule has 150 valence electrons. The van der Waals surface area contributed by atoms with Crippen LogP contribution < -0.4 is 4.74 Å². The average Bonchev–Trinajstić information content (AvgIpc) is 3.25. The number of hydrogen-bond acceptors (Lipinski definition) is 5.